The second kappa shape index (κ2) is 13.9. The molecule has 2 aliphatic carbocycles. The lowest BCUT2D eigenvalue weighted by molar-refractivity contribution is -0.142. The summed E-state index contributed by atoms with van der Waals surface area (Å²) < 4.78 is 0. The number of carboxylic acid groups (broad SMARTS) is 1. The lowest BCUT2D eigenvalue weighted by atomic mass is 9.85. The van der Waals surface area contributed by atoms with Crippen LogP contribution in [0.1, 0.15) is 44.9 Å². The molecule has 0 bridgehead atoms. The molecule has 0 aromatic carbocycles. The van der Waals surface area contributed by atoms with Gasteiger partial charge in [-0.15, -0.1) is 23.2 Å². The number of aliphatic carboxylic acids is 1. The van der Waals surface area contributed by atoms with E-state index in [2.05, 4.69) is 26.3 Å². The maximum absolute atomic E-state index is 12.5. The summed E-state index contributed by atoms with van der Waals surface area (Å²) in [6.07, 6.45) is 6.21. The molecule has 3 amide bonds. The van der Waals surface area contributed by atoms with Gasteiger partial charge in [0.05, 0.1) is 18.5 Å². The Morgan fingerprint density at radius 3 is 2.34 bits per heavy atom. The number of guanidine groups is 1. The largest absolute Gasteiger partial charge is 0.480 e. The number of carbonyl (C=O) groups is 4. The molecule has 0 aromatic heterocycles. The van der Waals surface area contributed by atoms with E-state index in [4.69, 9.17) is 34.2 Å². The predicted molar refractivity (Wildman–Crippen MR) is 128 cm³/mol. The normalized spacial score (nSPS) is 27.6. The number of nitrogens with one attached hydrogen (secondary N) is 4. The fourth-order valence-electron chi connectivity index (χ4n) is 4.29. The van der Waals surface area contributed by atoms with Gasteiger partial charge in [0, 0.05) is 23.2 Å². The van der Waals surface area contributed by atoms with E-state index in [-0.39, 0.29) is 36.9 Å². The molecule has 2 fully saturated rings. The highest BCUT2D eigenvalue weighted by atomic mass is 35.5. The molecule has 5 atom stereocenters. The average molecular weight is 532 g/mol. The molecule has 7 N–H and O–H groups in total. The number of aliphatic imine (C=N–C) groups is 1. The molecule has 0 saturated heterocycles. The van der Waals surface area contributed by atoms with Gasteiger partial charge in [-0.2, -0.15) is 5.26 Å². The number of hydrogen-bond donors (Lipinski definition) is 6. The van der Waals surface area contributed by atoms with Crippen molar-refractivity contribution in [2.24, 2.45) is 22.6 Å². The first-order valence-electron chi connectivity index (χ1n) is 11.5. The van der Waals surface area contributed by atoms with Crippen LogP contribution in [0.3, 0.4) is 0 Å². The molecule has 0 aromatic rings. The van der Waals surface area contributed by atoms with Crippen molar-refractivity contribution in [3.8, 4) is 6.19 Å². The molecule has 0 radical (unpaired) electrons. The van der Waals surface area contributed by atoms with Crippen molar-refractivity contribution in [1.29, 1.82) is 5.26 Å². The van der Waals surface area contributed by atoms with Gasteiger partial charge in [0.15, 0.2) is 6.19 Å². The summed E-state index contributed by atoms with van der Waals surface area (Å²) in [6.45, 7) is -0.717. The van der Waals surface area contributed by atoms with Gasteiger partial charge in [-0.3, -0.25) is 19.7 Å². The van der Waals surface area contributed by atoms with E-state index in [1.54, 1.807) is 6.19 Å². The fraction of sp³-hybridized carbons (Fsp3) is 0.714. The van der Waals surface area contributed by atoms with Crippen LogP contribution in [0.4, 0.5) is 0 Å². The highest BCUT2D eigenvalue weighted by Gasteiger charge is 2.38. The quantitative estimate of drug-likeness (QED) is 0.0767. The van der Waals surface area contributed by atoms with Gasteiger partial charge in [0.1, 0.15) is 6.04 Å². The molecule has 194 valence electrons. The van der Waals surface area contributed by atoms with Crippen LogP contribution in [0.15, 0.2) is 4.99 Å². The smallest absolute Gasteiger partial charge is 0.328 e. The van der Waals surface area contributed by atoms with Crippen LogP contribution in [0, 0.1) is 23.3 Å². The van der Waals surface area contributed by atoms with E-state index in [9.17, 15) is 24.3 Å². The fourth-order valence-corrected chi connectivity index (χ4v) is 5.25. The number of halogens is 2. The molecular formula is C21H31Cl2N7O5. The van der Waals surface area contributed by atoms with Gasteiger partial charge < -0.3 is 26.8 Å². The number of nitrogens with zero attached hydrogens (tertiary/aromatic N) is 2. The lowest BCUT2D eigenvalue weighted by Crippen LogP contribution is -2.53. The molecule has 12 nitrogen and oxygen atoms in total. The number of nitrogens with two attached hydrogens (primary N) is 1. The third-order valence-electron chi connectivity index (χ3n) is 6.11. The molecule has 4 unspecified atom stereocenters. The first-order valence-corrected chi connectivity index (χ1v) is 12.3. The molecule has 0 heterocycles. The minimum Gasteiger partial charge on any atom is -0.480 e. The van der Waals surface area contributed by atoms with Crippen molar-refractivity contribution < 1.29 is 24.3 Å². The van der Waals surface area contributed by atoms with Gasteiger partial charge in [0.2, 0.25) is 23.7 Å². The van der Waals surface area contributed by atoms with Crippen LogP contribution in [0.2, 0.25) is 0 Å². The van der Waals surface area contributed by atoms with Crippen LogP contribution in [-0.4, -0.2) is 70.7 Å². The Kier molecular flexibility index (Phi) is 11.3. The minimum atomic E-state index is -1.37. The first-order chi connectivity index (χ1) is 16.6. The third-order valence-corrected chi connectivity index (χ3v) is 7.09. The van der Waals surface area contributed by atoms with Gasteiger partial charge in [-0.1, -0.05) is 12.8 Å². The van der Waals surface area contributed by atoms with E-state index in [1.165, 1.54) is 0 Å². The SMILES string of the molecule is N#CNC(N)=NC1CCCC(C(=O)NCC(=O)NC[C@@H](NC(=O)C2C(Cl)CCCC2Cl)C(=O)O)C1. The van der Waals surface area contributed by atoms with Crippen LogP contribution in [0.5, 0.6) is 0 Å². The molecule has 35 heavy (non-hydrogen) atoms. The van der Waals surface area contributed by atoms with E-state index in [0.29, 0.717) is 25.7 Å². The summed E-state index contributed by atoms with van der Waals surface area (Å²) in [7, 11) is 0. The van der Waals surface area contributed by atoms with Crippen molar-refractivity contribution in [1.82, 2.24) is 21.3 Å². The van der Waals surface area contributed by atoms with Crippen molar-refractivity contribution in [3.05, 3.63) is 0 Å². The Hall–Kier alpha value is -2.78. The summed E-state index contributed by atoms with van der Waals surface area (Å²) >= 11 is 12.4. The van der Waals surface area contributed by atoms with Gasteiger partial charge >= 0.3 is 5.97 Å². The highest BCUT2D eigenvalue weighted by molar-refractivity contribution is 6.26. The number of amides is 3. The van der Waals surface area contributed by atoms with E-state index in [1.807, 2.05) is 0 Å². The average Bonchev–Trinajstić information content (AvgIpc) is 2.80. The number of carbonyl (C=O) groups excluding carboxylic acids is 3. The summed E-state index contributed by atoms with van der Waals surface area (Å²) in [4.78, 5) is 53.0. The highest BCUT2D eigenvalue weighted by Crippen LogP contribution is 2.32. The monoisotopic (exact) mass is 531 g/mol. The van der Waals surface area contributed by atoms with E-state index >= 15 is 0 Å². The van der Waals surface area contributed by atoms with Crippen LogP contribution < -0.4 is 27.0 Å². The van der Waals surface area contributed by atoms with Crippen LogP contribution in [0.25, 0.3) is 0 Å². The predicted octanol–water partition coefficient (Wildman–Crippen LogP) is -0.253. The standard InChI is InChI=1S/C21H31Cl2N7O5/c22-13-5-2-6-14(23)17(13)19(33)30-15(20(34)35)8-26-16(31)9-27-18(32)11-3-1-4-12(7-11)29-21(25)28-10-24/h11-15,17H,1-9H2,(H,26,31)(H,27,32)(H,30,33)(H,34,35)(H3,25,28,29)/t11?,12?,13?,14?,15-,17?/m1/s1. The van der Waals surface area contributed by atoms with E-state index in [0.717, 1.165) is 19.3 Å². The number of alkyl halides is 2. The summed E-state index contributed by atoms with van der Waals surface area (Å²) in [5.74, 6) is -3.92. The summed E-state index contributed by atoms with van der Waals surface area (Å²) in [5.41, 5.74) is 5.58. The number of hydrogen-bond acceptors (Lipinski definition) is 6. The Balaban J connectivity index is 1.79. The first kappa shape index (κ1) is 28.5. The van der Waals surface area contributed by atoms with Crippen molar-refractivity contribution in [2.45, 2.75) is 67.8 Å². The molecule has 0 aliphatic heterocycles. The van der Waals surface area contributed by atoms with Crippen molar-refractivity contribution in [3.63, 3.8) is 0 Å². The third kappa shape index (κ3) is 9.07. The Morgan fingerprint density at radius 1 is 1.06 bits per heavy atom. The maximum atomic E-state index is 12.5. The zero-order valence-corrected chi connectivity index (χ0v) is 20.6. The zero-order chi connectivity index (χ0) is 26.0. The Labute approximate surface area is 213 Å². The Bertz CT molecular complexity index is 855. The molecule has 2 saturated carbocycles. The van der Waals surface area contributed by atoms with Crippen molar-refractivity contribution in [2.75, 3.05) is 13.1 Å². The van der Waals surface area contributed by atoms with Crippen molar-refractivity contribution >= 4 is 52.9 Å². The van der Waals surface area contributed by atoms with E-state index < -0.39 is 40.5 Å². The maximum Gasteiger partial charge on any atom is 0.328 e. The minimum absolute atomic E-state index is 0.00960. The zero-order valence-electron chi connectivity index (χ0n) is 19.1. The molecule has 14 heteroatoms. The number of carboxylic acids is 1. The van der Waals surface area contributed by atoms with Gasteiger partial charge in [-0.25, -0.2) is 9.79 Å². The second-order valence-electron chi connectivity index (χ2n) is 8.68. The summed E-state index contributed by atoms with van der Waals surface area (Å²) in [6, 6.07) is -1.58. The van der Waals surface area contributed by atoms with Gasteiger partial charge in [-0.05, 0) is 32.1 Å². The van der Waals surface area contributed by atoms with Gasteiger partial charge in [0.25, 0.3) is 0 Å². The molecule has 2 rings (SSSR count). The second-order valence-corrected chi connectivity index (χ2v) is 9.80. The molecule has 0 spiro atoms. The van der Waals surface area contributed by atoms with Crippen LogP contribution in [-0.2, 0) is 19.2 Å². The number of rotatable bonds is 9. The molecular weight excluding hydrogens is 501 g/mol. The topological polar surface area (TPSA) is 199 Å². The lowest BCUT2D eigenvalue weighted by Gasteiger charge is -2.31. The summed E-state index contributed by atoms with van der Waals surface area (Å²) in [5, 5.41) is 26.6. The number of nitriles is 1. The van der Waals surface area contributed by atoms with Crippen LogP contribution >= 0.6 is 23.2 Å². The Morgan fingerprint density at radius 2 is 1.71 bits per heavy atom. The molecule has 2 aliphatic rings.